The number of thiazole rings is 1. The number of hydrogen-bond donors (Lipinski definition) is 1. The minimum atomic E-state index is -4.35. The van der Waals surface area contributed by atoms with Crippen LogP contribution in [0.25, 0.3) is 0 Å². The molecule has 6 heteroatoms. The number of alkyl halides is 3. The van der Waals surface area contributed by atoms with Crippen molar-refractivity contribution in [2.24, 2.45) is 5.92 Å². The lowest BCUT2D eigenvalue weighted by Gasteiger charge is -2.08. The minimum Gasteiger partial charge on any atom is -0.312 e. The van der Waals surface area contributed by atoms with Gasteiger partial charge < -0.3 is 5.32 Å². The highest BCUT2D eigenvalue weighted by Gasteiger charge is 2.45. The summed E-state index contributed by atoms with van der Waals surface area (Å²) in [5, 5.41) is 3.71. The molecule has 0 aromatic carbocycles. The van der Waals surface area contributed by atoms with Gasteiger partial charge in [0.2, 0.25) is 0 Å². The zero-order chi connectivity index (χ0) is 14.3. The first-order valence-electron chi connectivity index (χ1n) is 6.50. The Morgan fingerprint density at radius 1 is 1.37 bits per heavy atom. The Morgan fingerprint density at radius 2 is 2.00 bits per heavy atom. The first kappa shape index (κ1) is 14.8. The topological polar surface area (TPSA) is 24.9 Å². The van der Waals surface area contributed by atoms with Gasteiger partial charge in [-0.05, 0) is 25.3 Å². The molecule has 1 aliphatic rings. The first-order chi connectivity index (χ1) is 8.72. The monoisotopic (exact) mass is 292 g/mol. The number of nitrogens with zero attached hydrogens (tertiary/aromatic N) is 1. The normalized spacial score (nSPS) is 18.1. The summed E-state index contributed by atoms with van der Waals surface area (Å²) < 4.78 is 38.9. The third-order valence-corrected chi connectivity index (χ3v) is 4.68. The zero-order valence-electron chi connectivity index (χ0n) is 11.4. The lowest BCUT2D eigenvalue weighted by molar-refractivity contribution is -0.141. The van der Waals surface area contributed by atoms with Gasteiger partial charge in [-0.1, -0.05) is 20.8 Å². The Hall–Kier alpha value is -0.620. The van der Waals surface area contributed by atoms with E-state index in [1.807, 2.05) is 20.8 Å². The summed E-state index contributed by atoms with van der Waals surface area (Å²) in [6.07, 6.45) is -2.47. The van der Waals surface area contributed by atoms with Gasteiger partial charge in [-0.25, -0.2) is 4.98 Å². The van der Waals surface area contributed by atoms with Crippen LogP contribution in [0.4, 0.5) is 13.2 Å². The van der Waals surface area contributed by atoms with Crippen molar-refractivity contribution in [3.63, 3.8) is 0 Å². The molecule has 19 heavy (non-hydrogen) atoms. The van der Waals surface area contributed by atoms with Crippen LogP contribution >= 0.6 is 11.3 Å². The molecule has 108 valence electrons. The van der Waals surface area contributed by atoms with E-state index in [1.54, 1.807) is 0 Å². The van der Waals surface area contributed by atoms with Crippen molar-refractivity contribution in [2.75, 3.05) is 6.54 Å². The maximum Gasteiger partial charge on any atom is 0.434 e. The molecule has 0 radical (unpaired) electrons. The van der Waals surface area contributed by atoms with Gasteiger partial charge in [-0.2, -0.15) is 13.2 Å². The number of aromatic nitrogens is 1. The van der Waals surface area contributed by atoms with Crippen molar-refractivity contribution >= 4 is 11.3 Å². The van der Waals surface area contributed by atoms with E-state index in [0.29, 0.717) is 22.3 Å². The third kappa shape index (κ3) is 3.48. The van der Waals surface area contributed by atoms with Gasteiger partial charge >= 0.3 is 6.18 Å². The quantitative estimate of drug-likeness (QED) is 0.888. The summed E-state index contributed by atoms with van der Waals surface area (Å²) >= 11 is 1.21. The van der Waals surface area contributed by atoms with E-state index in [1.165, 1.54) is 11.3 Å². The van der Waals surface area contributed by atoms with Gasteiger partial charge in [0.15, 0.2) is 5.69 Å². The van der Waals surface area contributed by atoms with Crippen LogP contribution in [0.1, 0.15) is 49.2 Å². The van der Waals surface area contributed by atoms with E-state index >= 15 is 0 Å². The van der Waals surface area contributed by atoms with E-state index < -0.39 is 11.9 Å². The van der Waals surface area contributed by atoms with Gasteiger partial charge in [0, 0.05) is 12.0 Å². The van der Waals surface area contributed by atoms with Gasteiger partial charge in [0.25, 0.3) is 0 Å². The molecule has 0 aliphatic heterocycles. The summed E-state index contributed by atoms with van der Waals surface area (Å²) in [6.45, 7) is 7.00. The molecular formula is C13H19F3N2S. The summed E-state index contributed by atoms with van der Waals surface area (Å²) in [5.41, 5.74) is -0.807. The summed E-state index contributed by atoms with van der Waals surface area (Å²) in [7, 11) is 0. The van der Waals surface area contributed by atoms with Crippen molar-refractivity contribution < 1.29 is 13.2 Å². The van der Waals surface area contributed by atoms with Crippen LogP contribution < -0.4 is 5.32 Å². The highest BCUT2D eigenvalue weighted by atomic mass is 32.1. The van der Waals surface area contributed by atoms with Crippen molar-refractivity contribution in [3.05, 3.63) is 15.6 Å². The van der Waals surface area contributed by atoms with E-state index in [2.05, 4.69) is 10.3 Å². The second kappa shape index (κ2) is 5.05. The van der Waals surface area contributed by atoms with E-state index in [-0.39, 0.29) is 12.0 Å². The molecule has 0 atom stereocenters. The molecule has 1 heterocycles. The Kier molecular flexibility index (Phi) is 3.93. The lowest BCUT2D eigenvalue weighted by atomic mass is 10.2. The van der Waals surface area contributed by atoms with Crippen LogP contribution in [0.5, 0.6) is 0 Å². The number of halogens is 3. The fourth-order valence-electron chi connectivity index (χ4n) is 1.83. The maximum atomic E-state index is 13.0. The molecule has 1 aromatic heterocycles. The van der Waals surface area contributed by atoms with Crippen molar-refractivity contribution in [1.82, 2.24) is 10.3 Å². The molecule has 0 amide bonds. The fraction of sp³-hybridized carbons (Fsp3) is 0.769. The molecule has 0 spiro atoms. The van der Waals surface area contributed by atoms with E-state index in [4.69, 9.17) is 0 Å². The van der Waals surface area contributed by atoms with Crippen LogP contribution in [0, 0.1) is 5.92 Å². The molecule has 0 bridgehead atoms. The molecule has 1 fully saturated rings. The van der Waals surface area contributed by atoms with Crippen molar-refractivity contribution in [2.45, 2.75) is 51.7 Å². The van der Waals surface area contributed by atoms with Crippen LogP contribution in [-0.4, -0.2) is 11.5 Å². The predicted molar refractivity (Wildman–Crippen MR) is 70.2 cm³/mol. The largest absolute Gasteiger partial charge is 0.434 e. The number of hydrogen-bond acceptors (Lipinski definition) is 3. The van der Waals surface area contributed by atoms with Crippen molar-refractivity contribution in [1.29, 1.82) is 0 Å². The maximum absolute atomic E-state index is 13.0. The average molecular weight is 292 g/mol. The summed E-state index contributed by atoms with van der Waals surface area (Å²) in [4.78, 5) is 4.18. The summed E-state index contributed by atoms with van der Waals surface area (Å²) in [5.74, 6) is 0.419. The molecule has 2 nitrogen and oxygen atoms in total. The van der Waals surface area contributed by atoms with Crippen molar-refractivity contribution in [3.8, 4) is 0 Å². The molecule has 2 rings (SSSR count). The minimum absolute atomic E-state index is 0.110. The molecule has 1 saturated carbocycles. The van der Waals surface area contributed by atoms with Gasteiger partial charge in [-0.15, -0.1) is 11.3 Å². The van der Waals surface area contributed by atoms with Crippen LogP contribution in [0.3, 0.4) is 0 Å². The lowest BCUT2D eigenvalue weighted by Crippen LogP contribution is -2.20. The van der Waals surface area contributed by atoms with E-state index in [9.17, 15) is 13.2 Å². The fourth-order valence-corrected chi connectivity index (χ4v) is 3.08. The number of rotatable bonds is 5. The summed E-state index contributed by atoms with van der Waals surface area (Å²) in [6, 6.07) is 0. The smallest absolute Gasteiger partial charge is 0.312 e. The van der Waals surface area contributed by atoms with Crippen LogP contribution in [-0.2, 0) is 18.1 Å². The van der Waals surface area contributed by atoms with Gasteiger partial charge in [0.1, 0.15) is 0 Å². The zero-order valence-corrected chi connectivity index (χ0v) is 12.2. The third-order valence-electron chi connectivity index (χ3n) is 3.32. The molecule has 1 aromatic rings. The SMILES string of the molecule is CC(C)CNCc1sc(C2(C)CC2)nc1C(F)(F)F. The Balaban J connectivity index is 2.17. The Labute approximate surface area is 115 Å². The molecule has 0 unspecified atom stereocenters. The predicted octanol–water partition coefficient (Wildman–Crippen LogP) is 3.96. The van der Waals surface area contributed by atoms with Gasteiger partial charge in [-0.3, -0.25) is 0 Å². The highest BCUT2D eigenvalue weighted by Crippen LogP contribution is 2.50. The van der Waals surface area contributed by atoms with E-state index in [0.717, 1.165) is 12.8 Å². The second-order valence-corrected chi connectivity index (χ2v) is 6.96. The highest BCUT2D eigenvalue weighted by molar-refractivity contribution is 7.12. The molecule has 1 N–H and O–H groups in total. The first-order valence-corrected chi connectivity index (χ1v) is 7.32. The number of nitrogens with one attached hydrogen (secondary N) is 1. The van der Waals surface area contributed by atoms with Crippen LogP contribution in [0.15, 0.2) is 0 Å². The molecular weight excluding hydrogens is 273 g/mol. The van der Waals surface area contributed by atoms with Gasteiger partial charge in [0.05, 0.1) is 9.88 Å². The average Bonchev–Trinajstić information content (AvgIpc) is 2.86. The second-order valence-electron chi connectivity index (χ2n) is 5.87. The standard InChI is InChI=1S/C13H19F3N2S/c1-8(2)6-17-7-9-10(13(14,15)16)18-11(19-9)12(3)4-5-12/h8,17H,4-7H2,1-3H3. The molecule has 0 saturated heterocycles. The Bertz CT molecular complexity index is 447. The van der Waals surface area contributed by atoms with Crippen LogP contribution in [0.2, 0.25) is 0 Å². The molecule has 1 aliphatic carbocycles. The Morgan fingerprint density at radius 3 is 2.47 bits per heavy atom.